The van der Waals surface area contributed by atoms with Crippen LogP contribution in [0.5, 0.6) is 0 Å². The lowest BCUT2D eigenvalue weighted by Crippen LogP contribution is -2.26. The first-order valence-corrected chi connectivity index (χ1v) is 6.84. The van der Waals surface area contributed by atoms with Gasteiger partial charge in [0.2, 0.25) is 0 Å². The van der Waals surface area contributed by atoms with Crippen LogP contribution in [0.1, 0.15) is 42.1 Å². The van der Waals surface area contributed by atoms with Crippen molar-refractivity contribution in [3.63, 3.8) is 0 Å². The molecule has 1 aliphatic rings. The van der Waals surface area contributed by atoms with Crippen LogP contribution in [-0.4, -0.2) is 29.1 Å². The molecule has 1 saturated carbocycles. The second kappa shape index (κ2) is 6.15. The van der Waals surface area contributed by atoms with Crippen molar-refractivity contribution >= 4 is 5.97 Å². The third-order valence-electron chi connectivity index (χ3n) is 3.42. The highest BCUT2D eigenvalue weighted by Crippen LogP contribution is 2.30. The fraction of sp³-hybridized carbons (Fsp3) is 0.533. The number of hydrogen-bond donors (Lipinski definition) is 1. The van der Waals surface area contributed by atoms with Crippen LogP contribution in [0.4, 0.5) is 4.39 Å². The number of carbonyl (C=O) groups is 1. The Balaban J connectivity index is 2.06. The van der Waals surface area contributed by atoms with Gasteiger partial charge in [0.1, 0.15) is 5.82 Å². The maximum atomic E-state index is 13.3. The number of carboxylic acids is 1. The van der Waals surface area contributed by atoms with E-state index in [-0.39, 0.29) is 5.56 Å². The van der Waals surface area contributed by atoms with Crippen molar-refractivity contribution in [2.24, 2.45) is 5.92 Å². The summed E-state index contributed by atoms with van der Waals surface area (Å²) in [7, 11) is 0. The van der Waals surface area contributed by atoms with E-state index in [2.05, 4.69) is 11.8 Å². The first-order valence-electron chi connectivity index (χ1n) is 6.84. The van der Waals surface area contributed by atoms with E-state index in [0.717, 1.165) is 31.0 Å². The lowest BCUT2D eigenvalue weighted by atomic mass is 10.1. The van der Waals surface area contributed by atoms with Gasteiger partial charge in [-0.1, -0.05) is 13.0 Å². The van der Waals surface area contributed by atoms with Gasteiger partial charge in [0.25, 0.3) is 0 Å². The first kappa shape index (κ1) is 14.0. The van der Waals surface area contributed by atoms with Gasteiger partial charge in [0.15, 0.2) is 0 Å². The van der Waals surface area contributed by atoms with Crippen LogP contribution in [0.15, 0.2) is 18.2 Å². The standard InChI is InChI=1S/C15H20FNO2/c1-2-7-17(9-11-3-4-11)10-12-5-6-14(16)13(8-12)15(18)19/h5-6,8,11H,2-4,7,9-10H2,1H3,(H,18,19). The summed E-state index contributed by atoms with van der Waals surface area (Å²) in [6.45, 7) is 4.89. The van der Waals surface area contributed by atoms with Gasteiger partial charge in [-0.2, -0.15) is 0 Å². The molecule has 0 radical (unpaired) electrons. The van der Waals surface area contributed by atoms with Crippen molar-refractivity contribution < 1.29 is 14.3 Å². The number of halogens is 1. The van der Waals surface area contributed by atoms with Crippen molar-refractivity contribution in [2.45, 2.75) is 32.7 Å². The molecule has 0 amide bonds. The zero-order chi connectivity index (χ0) is 13.8. The lowest BCUT2D eigenvalue weighted by Gasteiger charge is -2.21. The molecule has 0 unspecified atom stereocenters. The molecule has 1 N–H and O–H groups in total. The van der Waals surface area contributed by atoms with Gasteiger partial charge in [0, 0.05) is 13.1 Å². The molecule has 0 heterocycles. The van der Waals surface area contributed by atoms with Crippen LogP contribution in [0.25, 0.3) is 0 Å². The summed E-state index contributed by atoms with van der Waals surface area (Å²) >= 11 is 0. The molecule has 19 heavy (non-hydrogen) atoms. The Hall–Kier alpha value is -1.42. The number of rotatable bonds is 7. The Morgan fingerprint density at radius 1 is 1.47 bits per heavy atom. The molecule has 0 aliphatic heterocycles. The lowest BCUT2D eigenvalue weighted by molar-refractivity contribution is 0.0691. The summed E-state index contributed by atoms with van der Waals surface area (Å²) in [6, 6.07) is 4.38. The van der Waals surface area contributed by atoms with E-state index in [1.165, 1.54) is 25.0 Å². The second-order valence-electron chi connectivity index (χ2n) is 5.30. The number of benzene rings is 1. The molecule has 1 aromatic carbocycles. The van der Waals surface area contributed by atoms with Crippen LogP contribution >= 0.6 is 0 Å². The summed E-state index contributed by atoms with van der Waals surface area (Å²) in [4.78, 5) is 13.2. The van der Waals surface area contributed by atoms with Crippen LogP contribution in [0, 0.1) is 11.7 Å². The molecular weight excluding hydrogens is 245 g/mol. The Labute approximate surface area is 113 Å². The SMILES string of the molecule is CCCN(Cc1ccc(F)c(C(=O)O)c1)CC1CC1. The van der Waals surface area contributed by atoms with Crippen molar-refractivity contribution in [3.8, 4) is 0 Å². The summed E-state index contributed by atoms with van der Waals surface area (Å²) in [5.41, 5.74) is 0.633. The highest BCUT2D eigenvalue weighted by molar-refractivity contribution is 5.88. The molecule has 1 aromatic rings. The molecule has 4 heteroatoms. The third-order valence-corrected chi connectivity index (χ3v) is 3.42. The Bertz CT molecular complexity index is 457. The van der Waals surface area contributed by atoms with Gasteiger partial charge >= 0.3 is 5.97 Å². The van der Waals surface area contributed by atoms with E-state index in [0.29, 0.717) is 6.54 Å². The predicted octanol–water partition coefficient (Wildman–Crippen LogP) is 3.15. The minimum Gasteiger partial charge on any atom is -0.478 e. The number of hydrogen-bond acceptors (Lipinski definition) is 2. The smallest absolute Gasteiger partial charge is 0.338 e. The fourth-order valence-corrected chi connectivity index (χ4v) is 2.31. The maximum Gasteiger partial charge on any atom is 0.338 e. The second-order valence-corrected chi connectivity index (χ2v) is 5.30. The topological polar surface area (TPSA) is 40.5 Å². The molecular formula is C15H20FNO2. The first-order chi connectivity index (χ1) is 9.10. The van der Waals surface area contributed by atoms with Gasteiger partial charge in [-0.3, -0.25) is 4.90 Å². The predicted molar refractivity (Wildman–Crippen MR) is 71.7 cm³/mol. The number of carboxylic acid groups (broad SMARTS) is 1. The summed E-state index contributed by atoms with van der Waals surface area (Å²) in [5.74, 6) is -1.07. The van der Waals surface area contributed by atoms with E-state index in [9.17, 15) is 9.18 Å². The molecule has 0 bridgehead atoms. The summed E-state index contributed by atoms with van der Waals surface area (Å²) in [5, 5.41) is 8.93. The Kier molecular flexibility index (Phi) is 4.53. The number of nitrogens with zero attached hydrogens (tertiary/aromatic N) is 1. The Morgan fingerprint density at radius 3 is 2.79 bits per heavy atom. The maximum absolute atomic E-state index is 13.3. The van der Waals surface area contributed by atoms with E-state index < -0.39 is 11.8 Å². The summed E-state index contributed by atoms with van der Waals surface area (Å²) in [6.07, 6.45) is 3.66. The van der Waals surface area contributed by atoms with E-state index in [4.69, 9.17) is 5.11 Å². The van der Waals surface area contributed by atoms with Gasteiger partial charge < -0.3 is 5.11 Å². The largest absolute Gasteiger partial charge is 0.478 e. The highest BCUT2D eigenvalue weighted by Gasteiger charge is 2.24. The molecule has 0 spiro atoms. The zero-order valence-electron chi connectivity index (χ0n) is 11.2. The van der Waals surface area contributed by atoms with Crippen molar-refractivity contribution in [2.75, 3.05) is 13.1 Å². The van der Waals surface area contributed by atoms with Gasteiger partial charge in [-0.15, -0.1) is 0 Å². The summed E-state index contributed by atoms with van der Waals surface area (Å²) < 4.78 is 13.3. The van der Waals surface area contributed by atoms with Crippen molar-refractivity contribution in [1.29, 1.82) is 0 Å². The van der Waals surface area contributed by atoms with Gasteiger partial charge in [-0.05, 0) is 49.4 Å². The highest BCUT2D eigenvalue weighted by atomic mass is 19.1. The molecule has 104 valence electrons. The molecule has 3 nitrogen and oxygen atoms in total. The monoisotopic (exact) mass is 265 g/mol. The average molecular weight is 265 g/mol. The quantitative estimate of drug-likeness (QED) is 0.823. The minimum atomic E-state index is -1.21. The fourth-order valence-electron chi connectivity index (χ4n) is 2.31. The normalized spacial score (nSPS) is 14.9. The molecule has 1 aliphatic carbocycles. The minimum absolute atomic E-state index is 0.236. The van der Waals surface area contributed by atoms with Crippen LogP contribution in [-0.2, 0) is 6.54 Å². The number of aromatic carboxylic acids is 1. The zero-order valence-corrected chi connectivity index (χ0v) is 11.2. The molecule has 0 atom stereocenters. The van der Waals surface area contributed by atoms with Gasteiger partial charge in [0.05, 0.1) is 5.56 Å². The van der Waals surface area contributed by atoms with Crippen LogP contribution < -0.4 is 0 Å². The average Bonchev–Trinajstić information content (AvgIpc) is 3.15. The van der Waals surface area contributed by atoms with E-state index in [1.807, 2.05) is 0 Å². The van der Waals surface area contributed by atoms with Crippen LogP contribution in [0.3, 0.4) is 0 Å². The molecule has 0 aromatic heterocycles. The Morgan fingerprint density at radius 2 is 2.21 bits per heavy atom. The van der Waals surface area contributed by atoms with Crippen molar-refractivity contribution in [1.82, 2.24) is 4.90 Å². The van der Waals surface area contributed by atoms with Crippen molar-refractivity contribution in [3.05, 3.63) is 35.1 Å². The van der Waals surface area contributed by atoms with E-state index in [1.54, 1.807) is 6.07 Å². The molecule has 0 saturated heterocycles. The van der Waals surface area contributed by atoms with Crippen LogP contribution in [0.2, 0.25) is 0 Å². The van der Waals surface area contributed by atoms with Gasteiger partial charge in [-0.25, -0.2) is 9.18 Å². The molecule has 1 fully saturated rings. The molecule has 2 rings (SSSR count). The third kappa shape index (κ3) is 4.03. The van der Waals surface area contributed by atoms with E-state index >= 15 is 0 Å².